The molecule has 0 aromatic heterocycles. The molecule has 0 spiro atoms. The summed E-state index contributed by atoms with van der Waals surface area (Å²) in [6, 6.07) is 6.32. The fraction of sp³-hybridized carbons (Fsp3) is 0.143. The second-order valence-corrected chi connectivity index (χ2v) is 3.64. The summed E-state index contributed by atoms with van der Waals surface area (Å²) in [6.45, 7) is 5.69. The molecule has 0 N–H and O–H groups in total. The second kappa shape index (κ2) is 4.18. The van der Waals surface area contributed by atoms with Crippen molar-refractivity contribution in [2.45, 2.75) is 13.3 Å². The van der Waals surface area contributed by atoms with Gasteiger partial charge >= 0.3 is 0 Å². The van der Waals surface area contributed by atoms with Gasteiger partial charge in [-0.15, -0.1) is 0 Å². The lowest BCUT2D eigenvalue weighted by Crippen LogP contribution is -1.85. The Balaban J connectivity index is 2.18. The zero-order valence-electron chi connectivity index (χ0n) is 8.86. The summed E-state index contributed by atoms with van der Waals surface area (Å²) in [5.74, 6) is 1.99. The lowest BCUT2D eigenvalue weighted by Gasteiger charge is -1.98. The van der Waals surface area contributed by atoms with Crippen LogP contribution >= 0.6 is 0 Å². The predicted molar refractivity (Wildman–Crippen MR) is 62.9 cm³/mol. The number of hydrogen-bond acceptors (Lipinski definition) is 1. The zero-order chi connectivity index (χ0) is 10.7. The minimum Gasteiger partial charge on any atom is -0.461 e. The number of benzene rings is 1. The molecule has 1 aliphatic heterocycles. The maximum Gasteiger partial charge on any atom is 0.130 e. The molecule has 0 amide bonds. The van der Waals surface area contributed by atoms with E-state index in [4.69, 9.17) is 4.74 Å². The van der Waals surface area contributed by atoms with Crippen LogP contribution in [0.5, 0.6) is 5.75 Å². The molecule has 15 heavy (non-hydrogen) atoms. The van der Waals surface area contributed by atoms with Crippen molar-refractivity contribution in [3.05, 3.63) is 66.0 Å². The van der Waals surface area contributed by atoms with Gasteiger partial charge in [0.05, 0.1) is 0 Å². The maximum atomic E-state index is 5.71. The van der Waals surface area contributed by atoms with Gasteiger partial charge in [-0.3, -0.25) is 0 Å². The Bertz CT molecular complexity index is 439. The number of allylic oxidation sites excluding steroid dienone is 5. The Labute approximate surface area is 90.4 Å². The molecule has 1 heterocycles. The van der Waals surface area contributed by atoms with Crippen molar-refractivity contribution in [1.29, 1.82) is 0 Å². The van der Waals surface area contributed by atoms with E-state index in [1.54, 1.807) is 6.08 Å². The average molecular weight is 198 g/mol. The van der Waals surface area contributed by atoms with Crippen molar-refractivity contribution >= 4 is 0 Å². The van der Waals surface area contributed by atoms with Crippen molar-refractivity contribution in [2.24, 2.45) is 0 Å². The molecule has 1 aromatic carbocycles. The predicted octanol–water partition coefficient (Wildman–Crippen LogP) is 3.56. The lowest BCUT2D eigenvalue weighted by atomic mass is 10.1. The summed E-state index contributed by atoms with van der Waals surface area (Å²) >= 11 is 0. The van der Waals surface area contributed by atoms with Gasteiger partial charge in [0.1, 0.15) is 11.5 Å². The van der Waals surface area contributed by atoms with E-state index in [-0.39, 0.29) is 0 Å². The van der Waals surface area contributed by atoms with Gasteiger partial charge in [0, 0.05) is 12.0 Å². The van der Waals surface area contributed by atoms with Crippen LogP contribution in [-0.2, 0) is 6.42 Å². The Kier molecular flexibility index (Phi) is 2.72. The lowest BCUT2D eigenvalue weighted by molar-refractivity contribution is 0.446. The monoisotopic (exact) mass is 198 g/mol. The minimum atomic E-state index is 0.886. The van der Waals surface area contributed by atoms with E-state index < -0.39 is 0 Å². The second-order valence-electron chi connectivity index (χ2n) is 3.64. The first kappa shape index (κ1) is 9.78. The number of ether oxygens (including phenoxy) is 1. The zero-order valence-corrected chi connectivity index (χ0v) is 8.86. The number of rotatable bonds is 2. The molecule has 0 unspecified atom stereocenters. The van der Waals surface area contributed by atoms with Crippen LogP contribution in [0.25, 0.3) is 0 Å². The fourth-order valence-electron chi connectivity index (χ4n) is 1.60. The molecule has 2 rings (SSSR count). The highest BCUT2D eigenvalue weighted by atomic mass is 16.5. The molecule has 0 radical (unpaired) electrons. The van der Waals surface area contributed by atoms with Gasteiger partial charge in [-0.1, -0.05) is 36.9 Å². The van der Waals surface area contributed by atoms with Crippen molar-refractivity contribution in [1.82, 2.24) is 0 Å². The van der Waals surface area contributed by atoms with Crippen LogP contribution in [0.4, 0.5) is 0 Å². The van der Waals surface area contributed by atoms with E-state index in [2.05, 4.69) is 31.7 Å². The van der Waals surface area contributed by atoms with E-state index in [1.807, 2.05) is 18.2 Å². The summed E-state index contributed by atoms with van der Waals surface area (Å²) in [4.78, 5) is 0. The molecule has 0 fully saturated rings. The summed E-state index contributed by atoms with van der Waals surface area (Å²) in [5, 5.41) is 0. The van der Waals surface area contributed by atoms with Gasteiger partial charge in [0.15, 0.2) is 0 Å². The molecular weight excluding hydrogens is 184 g/mol. The first-order valence-corrected chi connectivity index (χ1v) is 5.05. The summed E-state index contributed by atoms with van der Waals surface area (Å²) in [7, 11) is 0. The van der Waals surface area contributed by atoms with Gasteiger partial charge in [0.2, 0.25) is 0 Å². The minimum absolute atomic E-state index is 0.886. The van der Waals surface area contributed by atoms with Gasteiger partial charge in [-0.2, -0.15) is 0 Å². The normalized spacial score (nSPS) is 16.7. The molecule has 1 aromatic rings. The Morgan fingerprint density at radius 2 is 2.20 bits per heavy atom. The molecular formula is C14H14O. The third-order valence-corrected chi connectivity index (χ3v) is 2.36. The van der Waals surface area contributed by atoms with E-state index in [9.17, 15) is 0 Å². The molecule has 1 nitrogen and oxygen atoms in total. The summed E-state index contributed by atoms with van der Waals surface area (Å²) < 4.78 is 5.71. The SMILES string of the molecule is C=C/C=C\C=C1/Cc2ccc(C)cc2O1. The third-order valence-electron chi connectivity index (χ3n) is 2.36. The Morgan fingerprint density at radius 3 is 3.00 bits per heavy atom. The van der Waals surface area contributed by atoms with Crippen LogP contribution in [-0.4, -0.2) is 0 Å². The highest BCUT2D eigenvalue weighted by molar-refractivity contribution is 5.44. The van der Waals surface area contributed by atoms with Crippen LogP contribution < -0.4 is 4.74 Å². The molecule has 0 bridgehead atoms. The maximum absolute atomic E-state index is 5.71. The molecule has 0 saturated heterocycles. The van der Waals surface area contributed by atoms with E-state index in [1.165, 1.54) is 11.1 Å². The van der Waals surface area contributed by atoms with Crippen LogP contribution in [0.3, 0.4) is 0 Å². The topological polar surface area (TPSA) is 9.23 Å². The quantitative estimate of drug-likeness (QED) is 0.660. The smallest absolute Gasteiger partial charge is 0.130 e. The number of aryl methyl sites for hydroxylation is 1. The molecule has 1 aliphatic rings. The summed E-state index contributed by atoms with van der Waals surface area (Å²) in [5.41, 5.74) is 2.50. The standard InChI is InChI=1S/C14H14O/c1-3-4-5-6-13-10-12-8-7-11(2)9-14(12)15-13/h3-9H,1,10H2,2H3/b5-4-,13-6+. The highest BCUT2D eigenvalue weighted by Crippen LogP contribution is 2.31. The van der Waals surface area contributed by atoms with Crippen molar-refractivity contribution < 1.29 is 4.74 Å². The van der Waals surface area contributed by atoms with E-state index >= 15 is 0 Å². The van der Waals surface area contributed by atoms with Crippen LogP contribution in [0, 0.1) is 6.92 Å². The average Bonchev–Trinajstić information content (AvgIpc) is 2.60. The van der Waals surface area contributed by atoms with Crippen LogP contribution in [0.2, 0.25) is 0 Å². The summed E-state index contributed by atoms with van der Waals surface area (Å²) in [6.07, 6.45) is 8.46. The van der Waals surface area contributed by atoms with Gasteiger partial charge in [0.25, 0.3) is 0 Å². The van der Waals surface area contributed by atoms with Gasteiger partial charge in [-0.25, -0.2) is 0 Å². The third kappa shape index (κ3) is 2.18. The Hall–Kier alpha value is -1.76. The van der Waals surface area contributed by atoms with Crippen LogP contribution in [0.15, 0.2) is 54.8 Å². The molecule has 0 saturated carbocycles. The molecule has 0 atom stereocenters. The fourth-order valence-corrected chi connectivity index (χ4v) is 1.60. The number of hydrogen-bond donors (Lipinski definition) is 0. The largest absolute Gasteiger partial charge is 0.461 e. The first-order chi connectivity index (χ1) is 7.29. The van der Waals surface area contributed by atoms with Crippen molar-refractivity contribution in [3.8, 4) is 5.75 Å². The van der Waals surface area contributed by atoms with Crippen LogP contribution in [0.1, 0.15) is 11.1 Å². The van der Waals surface area contributed by atoms with E-state index in [0.29, 0.717) is 0 Å². The molecule has 0 aliphatic carbocycles. The van der Waals surface area contributed by atoms with Crippen molar-refractivity contribution in [2.75, 3.05) is 0 Å². The van der Waals surface area contributed by atoms with E-state index in [0.717, 1.165) is 17.9 Å². The van der Waals surface area contributed by atoms with Crippen molar-refractivity contribution in [3.63, 3.8) is 0 Å². The first-order valence-electron chi connectivity index (χ1n) is 5.05. The Morgan fingerprint density at radius 1 is 1.33 bits per heavy atom. The molecule has 76 valence electrons. The molecule has 1 heteroatoms. The number of fused-ring (bicyclic) bond motifs is 1. The van der Waals surface area contributed by atoms with Gasteiger partial charge < -0.3 is 4.74 Å². The highest BCUT2D eigenvalue weighted by Gasteiger charge is 2.15. The van der Waals surface area contributed by atoms with Gasteiger partial charge in [-0.05, 0) is 24.6 Å².